The van der Waals surface area contributed by atoms with Gasteiger partial charge in [-0.15, -0.1) is 0 Å². The molecule has 18 heavy (non-hydrogen) atoms. The van der Waals surface area contributed by atoms with Crippen LogP contribution in [-0.4, -0.2) is 4.98 Å². The molecule has 0 spiro atoms. The van der Waals surface area contributed by atoms with Crippen molar-refractivity contribution in [2.45, 2.75) is 57.9 Å². The molecule has 4 heteroatoms. The molecule has 1 rings (SSSR count). The zero-order valence-electron chi connectivity index (χ0n) is 11.2. The Labute approximate surface area is 115 Å². The zero-order chi connectivity index (χ0) is 13.2. The highest BCUT2D eigenvalue weighted by Gasteiger charge is 2.10. The van der Waals surface area contributed by atoms with Crippen LogP contribution in [0.1, 0.15) is 63.6 Å². The van der Waals surface area contributed by atoms with Crippen LogP contribution < -0.4 is 11.3 Å². The SMILES string of the molecule is CCCCCCCCC(NN)c1ccc(Cl)cn1. The molecule has 0 aliphatic carbocycles. The van der Waals surface area contributed by atoms with Gasteiger partial charge in [0.15, 0.2) is 0 Å². The number of pyridine rings is 1. The summed E-state index contributed by atoms with van der Waals surface area (Å²) in [6.45, 7) is 2.24. The predicted molar refractivity (Wildman–Crippen MR) is 77.3 cm³/mol. The number of aromatic nitrogens is 1. The standard InChI is InChI=1S/C14H24ClN3/c1-2-3-4-5-6-7-8-14(18-16)13-10-9-12(15)11-17-13/h9-11,14,18H,2-8,16H2,1H3. The first-order chi connectivity index (χ1) is 8.77. The fourth-order valence-corrected chi connectivity index (χ4v) is 2.15. The summed E-state index contributed by atoms with van der Waals surface area (Å²) >= 11 is 5.82. The summed E-state index contributed by atoms with van der Waals surface area (Å²) in [7, 11) is 0. The molecule has 0 saturated carbocycles. The third-order valence-corrected chi connectivity index (χ3v) is 3.38. The molecule has 1 aromatic rings. The molecule has 1 unspecified atom stereocenters. The highest BCUT2D eigenvalue weighted by atomic mass is 35.5. The van der Waals surface area contributed by atoms with Gasteiger partial charge in [-0.25, -0.2) is 0 Å². The van der Waals surface area contributed by atoms with Crippen molar-refractivity contribution in [1.29, 1.82) is 0 Å². The maximum Gasteiger partial charge on any atom is 0.0632 e. The van der Waals surface area contributed by atoms with Gasteiger partial charge in [-0.2, -0.15) is 0 Å². The first-order valence-electron chi connectivity index (χ1n) is 6.85. The molecule has 1 aromatic heterocycles. The molecule has 0 amide bonds. The van der Waals surface area contributed by atoms with Crippen LogP contribution in [0.25, 0.3) is 0 Å². The molecule has 0 bridgehead atoms. The number of unbranched alkanes of at least 4 members (excludes halogenated alkanes) is 5. The Bertz CT molecular complexity index is 313. The van der Waals surface area contributed by atoms with Crippen LogP contribution in [0.3, 0.4) is 0 Å². The van der Waals surface area contributed by atoms with Crippen molar-refractivity contribution in [2.24, 2.45) is 5.84 Å². The summed E-state index contributed by atoms with van der Waals surface area (Å²) in [6.07, 6.45) is 10.4. The van der Waals surface area contributed by atoms with Crippen molar-refractivity contribution in [3.05, 3.63) is 29.0 Å². The molecular formula is C14H24ClN3. The second-order valence-corrected chi connectivity index (χ2v) is 5.11. The molecule has 102 valence electrons. The molecular weight excluding hydrogens is 246 g/mol. The molecule has 0 aliphatic rings. The molecule has 3 N–H and O–H groups in total. The van der Waals surface area contributed by atoms with E-state index in [1.54, 1.807) is 6.20 Å². The van der Waals surface area contributed by atoms with Crippen LogP contribution in [0.15, 0.2) is 18.3 Å². The molecule has 0 aromatic carbocycles. The molecule has 0 fully saturated rings. The number of nitrogens with zero attached hydrogens (tertiary/aromatic N) is 1. The van der Waals surface area contributed by atoms with Crippen LogP contribution in [-0.2, 0) is 0 Å². The summed E-state index contributed by atoms with van der Waals surface area (Å²) in [5.74, 6) is 5.58. The summed E-state index contributed by atoms with van der Waals surface area (Å²) in [5.41, 5.74) is 3.80. The molecule has 0 aliphatic heterocycles. The van der Waals surface area contributed by atoms with Gasteiger partial charge in [0.2, 0.25) is 0 Å². The zero-order valence-corrected chi connectivity index (χ0v) is 11.9. The number of hydrazine groups is 1. The highest BCUT2D eigenvalue weighted by Crippen LogP contribution is 2.19. The number of halogens is 1. The maximum absolute atomic E-state index is 5.82. The van der Waals surface area contributed by atoms with Crippen LogP contribution in [0.2, 0.25) is 5.02 Å². The lowest BCUT2D eigenvalue weighted by Crippen LogP contribution is -2.28. The van der Waals surface area contributed by atoms with Crippen molar-refractivity contribution in [1.82, 2.24) is 10.4 Å². The molecule has 1 heterocycles. The van der Waals surface area contributed by atoms with Crippen LogP contribution in [0, 0.1) is 0 Å². The van der Waals surface area contributed by atoms with Gasteiger partial charge in [-0.3, -0.25) is 16.3 Å². The first kappa shape index (κ1) is 15.4. The Morgan fingerprint density at radius 3 is 2.56 bits per heavy atom. The van der Waals surface area contributed by atoms with E-state index in [0.717, 1.165) is 12.1 Å². The fourth-order valence-electron chi connectivity index (χ4n) is 2.04. The van der Waals surface area contributed by atoms with E-state index in [2.05, 4.69) is 17.3 Å². The molecule has 3 nitrogen and oxygen atoms in total. The second-order valence-electron chi connectivity index (χ2n) is 4.68. The van der Waals surface area contributed by atoms with E-state index in [0.29, 0.717) is 5.02 Å². The van der Waals surface area contributed by atoms with E-state index in [4.69, 9.17) is 17.4 Å². The number of hydrogen-bond acceptors (Lipinski definition) is 3. The van der Waals surface area contributed by atoms with Crippen molar-refractivity contribution in [2.75, 3.05) is 0 Å². The van der Waals surface area contributed by atoms with E-state index < -0.39 is 0 Å². The maximum atomic E-state index is 5.82. The van der Waals surface area contributed by atoms with Gasteiger partial charge >= 0.3 is 0 Å². The second kappa shape index (κ2) is 9.31. The van der Waals surface area contributed by atoms with Gasteiger partial charge in [0.1, 0.15) is 0 Å². The number of nitrogens with one attached hydrogen (secondary N) is 1. The van der Waals surface area contributed by atoms with Crippen molar-refractivity contribution in [3.8, 4) is 0 Å². The third kappa shape index (κ3) is 5.80. The minimum absolute atomic E-state index is 0.133. The Morgan fingerprint density at radius 1 is 1.22 bits per heavy atom. The fraction of sp³-hybridized carbons (Fsp3) is 0.643. The van der Waals surface area contributed by atoms with Crippen LogP contribution in [0.5, 0.6) is 0 Å². The predicted octanol–water partition coefficient (Wildman–Crippen LogP) is 3.99. The Kier molecular flexibility index (Phi) is 7.98. The normalized spacial score (nSPS) is 12.6. The van der Waals surface area contributed by atoms with E-state index in [-0.39, 0.29) is 6.04 Å². The van der Waals surface area contributed by atoms with Gasteiger partial charge in [0.05, 0.1) is 16.8 Å². The molecule has 0 saturated heterocycles. The van der Waals surface area contributed by atoms with Gasteiger partial charge in [-0.05, 0) is 18.6 Å². The summed E-state index contributed by atoms with van der Waals surface area (Å²) in [6, 6.07) is 3.92. The number of nitrogens with two attached hydrogens (primary N) is 1. The van der Waals surface area contributed by atoms with Crippen molar-refractivity contribution >= 4 is 11.6 Å². The minimum Gasteiger partial charge on any atom is -0.271 e. The first-order valence-corrected chi connectivity index (χ1v) is 7.23. The van der Waals surface area contributed by atoms with E-state index in [9.17, 15) is 0 Å². The average molecular weight is 270 g/mol. The quantitative estimate of drug-likeness (QED) is 0.405. The van der Waals surface area contributed by atoms with Crippen LogP contribution >= 0.6 is 11.6 Å². The molecule has 1 atom stereocenters. The smallest absolute Gasteiger partial charge is 0.0632 e. The van der Waals surface area contributed by atoms with Crippen molar-refractivity contribution in [3.63, 3.8) is 0 Å². The minimum atomic E-state index is 0.133. The third-order valence-electron chi connectivity index (χ3n) is 3.15. The lowest BCUT2D eigenvalue weighted by molar-refractivity contribution is 0.468. The summed E-state index contributed by atoms with van der Waals surface area (Å²) in [4.78, 5) is 4.30. The van der Waals surface area contributed by atoms with Gasteiger partial charge < -0.3 is 0 Å². The topological polar surface area (TPSA) is 50.9 Å². The molecule has 0 radical (unpaired) electrons. The lowest BCUT2D eigenvalue weighted by Gasteiger charge is -2.15. The largest absolute Gasteiger partial charge is 0.271 e. The van der Waals surface area contributed by atoms with Gasteiger partial charge in [-0.1, -0.05) is 57.0 Å². The van der Waals surface area contributed by atoms with Crippen LogP contribution in [0.4, 0.5) is 0 Å². The Balaban J connectivity index is 2.27. The average Bonchev–Trinajstić information content (AvgIpc) is 2.39. The Hall–Kier alpha value is -0.640. The highest BCUT2D eigenvalue weighted by molar-refractivity contribution is 6.30. The van der Waals surface area contributed by atoms with E-state index in [1.807, 2.05) is 12.1 Å². The van der Waals surface area contributed by atoms with Gasteiger partial charge in [0, 0.05) is 6.20 Å². The number of rotatable bonds is 9. The lowest BCUT2D eigenvalue weighted by atomic mass is 10.0. The van der Waals surface area contributed by atoms with Gasteiger partial charge in [0.25, 0.3) is 0 Å². The number of hydrogen-bond donors (Lipinski definition) is 2. The van der Waals surface area contributed by atoms with E-state index >= 15 is 0 Å². The summed E-state index contributed by atoms with van der Waals surface area (Å²) < 4.78 is 0. The van der Waals surface area contributed by atoms with E-state index in [1.165, 1.54) is 38.5 Å². The monoisotopic (exact) mass is 269 g/mol. The Morgan fingerprint density at radius 2 is 1.94 bits per heavy atom. The van der Waals surface area contributed by atoms with Crippen molar-refractivity contribution < 1.29 is 0 Å². The summed E-state index contributed by atoms with van der Waals surface area (Å²) in [5, 5.41) is 0.661.